The number of nitrogens with one attached hydrogen (secondary N) is 2. The van der Waals surface area contributed by atoms with Crippen molar-refractivity contribution in [3.63, 3.8) is 0 Å². The molecule has 0 aliphatic heterocycles. The van der Waals surface area contributed by atoms with Gasteiger partial charge in [-0.1, -0.05) is 18.2 Å². The number of carboxylic acid groups (broad SMARTS) is 1. The van der Waals surface area contributed by atoms with Crippen LogP contribution in [-0.2, 0) is 11.2 Å². The number of carbonyl (C=O) groups excluding carboxylic acids is 1. The van der Waals surface area contributed by atoms with Crippen LogP contribution in [0.5, 0.6) is 11.5 Å². The summed E-state index contributed by atoms with van der Waals surface area (Å²) in [6.07, 6.45) is 0.120. The molecule has 2 aromatic carbocycles. The van der Waals surface area contributed by atoms with Crippen LogP contribution in [0.4, 0.5) is 0 Å². The minimum absolute atomic E-state index is 0.120. The van der Waals surface area contributed by atoms with E-state index in [-0.39, 0.29) is 12.0 Å². The Morgan fingerprint density at radius 2 is 1.82 bits per heavy atom. The largest absolute Gasteiger partial charge is 0.493 e. The molecule has 170 valence electrons. The molecule has 8 nitrogen and oxygen atoms in total. The molecule has 33 heavy (non-hydrogen) atoms. The summed E-state index contributed by atoms with van der Waals surface area (Å²) in [4.78, 5) is 28.0. The Kier molecular flexibility index (Phi) is 6.08. The topological polar surface area (TPSA) is 114 Å². The van der Waals surface area contributed by atoms with E-state index in [1.807, 2.05) is 30.3 Å². The van der Waals surface area contributed by atoms with Gasteiger partial charge in [0.1, 0.15) is 17.6 Å². The van der Waals surface area contributed by atoms with Crippen LogP contribution >= 0.6 is 0 Å². The molecule has 3 N–H and O–H groups in total. The summed E-state index contributed by atoms with van der Waals surface area (Å²) in [7, 11) is 3.08. The molecule has 2 heterocycles. The van der Waals surface area contributed by atoms with Crippen molar-refractivity contribution in [2.45, 2.75) is 19.4 Å². The van der Waals surface area contributed by atoms with Crippen LogP contribution in [0.2, 0.25) is 0 Å². The van der Waals surface area contributed by atoms with E-state index in [1.54, 1.807) is 38.3 Å². The fourth-order valence-electron chi connectivity index (χ4n) is 3.74. The SMILES string of the molecule is COc1ccc(-c2cc(C(=O)N[C@H](Cc3cc4ccccc4[nH]3)C(=O)O)c(C)o2)cc1OC. The van der Waals surface area contributed by atoms with Crippen LogP contribution in [-0.4, -0.2) is 42.2 Å². The number of aryl methyl sites for hydroxylation is 1. The van der Waals surface area contributed by atoms with E-state index in [0.717, 1.165) is 16.6 Å². The highest BCUT2D eigenvalue weighted by Gasteiger charge is 2.25. The van der Waals surface area contributed by atoms with Gasteiger partial charge in [-0.25, -0.2) is 4.79 Å². The molecule has 4 aromatic rings. The molecular weight excluding hydrogens is 424 g/mol. The highest BCUT2D eigenvalue weighted by Crippen LogP contribution is 2.34. The number of rotatable bonds is 8. The lowest BCUT2D eigenvalue weighted by atomic mass is 10.1. The summed E-state index contributed by atoms with van der Waals surface area (Å²) in [5, 5.41) is 13.3. The lowest BCUT2D eigenvalue weighted by Crippen LogP contribution is -2.42. The van der Waals surface area contributed by atoms with Crippen LogP contribution in [0.25, 0.3) is 22.2 Å². The van der Waals surface area contributed by atoms with Crippen LogP contribution < -0.4 is 14.8 Å². The molecule has 0 unspecified atom stereocenters. The summed E-state index contributed by atoms with van der Waals surface area (Å²) < 4.78 is 16.4. The van der Waals surface area contributed by atoms with Gasteiger partial charge in [0.05, 0.1) is 19.8 Å². The first-order chi connectivity index (χ1) is 15.9. The van der Waals surface area contributed by atoms with Gasteiger partial charge in [-0.3, -0.25) is 4.79 Å². The molecular formula is C25H24N2O6. The number of hydrogen-bond donors (Lipinski definition) is 3. The lowest BCUT2D eigenvalue weighted by Gasteiger charge is -2.13. The zero-order valence-corrected chi connectivity index (χ0v) is 18.5. The van der Waals surface area contributed by atoms with Gasteiger partial charge in [0.15, 0.2) is 11.5 Å². The average molecular weight is 448 g/mol. The fraction of sp³-hybridized carbons (Fsp3) is 0.200. The summed E-state index contributed by atoms with van der Waals surface area (Å²) in [6, 6.07) is 15.3. The zero-order chi connectivity index (χ0) is 23.5. The minimum atomic E-state index is -1.12. The molecule has 0 bridgehead atoms. The molecule has 2 aromatic heterocycles. The molecule has 0 saturated carbocycles. The first kappa shape index (κ1) is 22.0. The molecule has 0 fully saturated rings. The first-order valence-corrected chi connectivity index (χ1v) is 10.3. The van der Waals surface area contributed by atoms with E-state index in [0.29, 0.717) is 28.6 Å². The first-order valence-electron chi connectivity index (χ1n) is 10.3. The molecule has 0 saturated heterocycles. The number of aromatic amines is 1. The third-order valence-corrected chi connectivity index (χ3v) is 5.44. The van der Waals surface area contributed by atoms with Crippen molar-refractivity contribution >= 4 is 22.8 Å². The Morgan fingerprint density at radius 3 is 2.52 bits per heavy atom. The second kappa shape index (κ2) is 9.12. The fourth-order valence-corrected chi connectivity index (χ4v) is 3.74. The Hall–Kier alpha value is -4.20. The molecule has 8 heteroatoms. The number of furan rings is 1. The highest BCUT2D eigenvalue weighted by molar-refractivity contribution is 5.98. The highest BCUT2D eigenvalue weighted by atomic mass is 16.5. The molecule has 0 aliphatic rings. The van der Waals surface area contributed by atoms with Crippen molar-refractivity contribution in [2.24, 2.45) is 0 Å². The Balaban J connectivity index is 1.54. The van der Waals surface area contributed by atoms with Gasteiger partial charge in [-0.15, -0.1) is 0 Å². The molecule has 0 spiro atoms. The van der Waals surface area contributed by atoms with Crippen molar-refractivity contribution in [1.82, 2.24) is 10.3 Å². The second-order valence-corrected chi connectivity index (χ2v) is 7.60. The third kappa shape index (κ3) is 4.55. The van der Waals surface area contributed by atoms with Gasteiger partial charge in [-0.05, 0) is 48.7 Å². The molecule has 4 rings (SSSR count). The maximum Gasteiger partial charge on any atom is 0.326 e. The molecule has 1 amide bonds. The Morgan fingerprint density at radius 1 is 1.06 bits per heavy atom. The van der Waals surface area contributed by atoms with E-state index >= 15 is 0 Å². The average Bonchev–Trinajstić information content (AvgIpc) is 3.40. The monoisotopic (exact) mass is 448 g/mol. The quantitative estimate of drug-likeness (QED) is 0.373. The molecule has 0 radical (unpaired) electrons. The van der Waals surface area contributed by atoms with Gasteiger partial charge < -0.3 is 29.3 Å². The molecule has 1 atom stereocenters. The summed E-state index contributed by atoms with van der Waals surface area (Å²) in [6.45, 7) is 1.66. The second-order valence-electron chi connectivity index (χ2n) is 7.60. The van der Waals surface area contributed by atoms with Crippen LogP contribution in [0.3, 0.4) is 0 Å². The minimum Gasteiger partial charge on any atom is -0.493 e. The Bertz CT molecular complexity index is 1290. The maximum absolute atomic E-state index is 12.9. The number of carbonyl (C=O) groups is 2. The van der Waals surface area contributed by atoms with Crippen LogP contribution in [0.1, 0.15) is 21.8 Å². The number of methoxy groups -OCH3 is 2. The van der Waals surface area contributed by atoms with Gasteiger partial charge in [0.25, 0.3) is 5.91 Å². The smallest absolute Gasteiger partial charge is 0.326 e. The number of amides is 1. The lowest BCUT2D eigenvalue weighted by molar-refractivity contribution is -0.139. The van der Waals surface area contributed by atoms with Gasteiger partial charge in [0, 0.05) is 23.2 Å². The normalized spacial score (nSPS) is 11.8. The van der Waals surface area contributed by atoms with Crippen molar-refractivity contribution in [1.29, 1.82) is 0 Å². The zero-order valence-electron chi connectivity index (χ0n) is 18.5. The van der Waals surface area contributed by atoms with Gasteiger partial charge >= 0.3 is 5.97 Å². The number of ether oxygens (including phenoxy) is 2. The van der Waals surface area contributed by atoms with Crippen molar-refractivity contribution < 1.29 is 28.6 Å². The molecule has 0 aliphatic carbocycles. The van der Waals surface area contributed by atoms with E-state index in [1.165, 1.54) is 7.11 Å². The number of aromatic nitrogens is 1. The number of aliphatic carboxylic acids is 1. The van der Waals surface area contributed by atoms with E-state index in [9.17, 15) is 14.7 Å². The number of benzene rings is 2. The van der Waals surface area contributed by atoms with Crippen LogP contribution in [0, 0.1) is 6.92 Å². The number of hydrogen-bond acceptors (Lipinski definition) is 5. The van der Waals surface area contributed by atoms with E-state index < -0.39 is 17.9 Å². The number of H-pyrrole nitrogens is 1. The van der Waals surface area contributed by atoms with Gasteiger partial charge in [0.2, 0.25) is 0 Å². The summed E-state index contributed by atoms with van der Waals surface area (Å²) >= 11 is 0. The third-order valence-electron chi connectivity index (χ3n) is 5.44. The van der Waals surface area contributed by atoms with Crippen LogP contribution in [0.15, 0.2) is 59.0 Å². The predicted molar refractivity (Wildman–Crippen MR) is 123 cm³/mol. The Labute approximate surface area is 190 Å². The van der Waals surface area contributed by atoms with E-state index in [2.05, 4.69) is 10.3 Å². The summed E-state index contributed by atoms with van der Waals surface area (Å²) in [5.74, 6) is 0.297. The van der Waals surface area contributed by atoms with E-state index in [4.69, 9.17) is 13.9 Å². The standard InChI is InChI=1S/C25H24N2O6/c1-14-18(13-22(33-14)16-8-9-21(31-2)23(11-16)32-3)24(28)27-20(25(29)30)12-17-10-15-6-4-5-7-19(15)26-17/h4-11,13,20,26H,12H2,1-3H3,(H,27,28)(H,29,30)/t20-/m1/s1. The predicted octanol–water partition coefficient (Wildman–Crippen LogP) is 4.18. The number of fused-ring (bicyclic) bond motifs is 1. The van der Waals surface area contributed by atoms with Crippen molar-refractivity contribution in [2.75, 3.05) is 14.2 Å². The van der Waals surface area contributed by atoms with Gasteiger partial charge in [-0.2, -0.15) is 0 Å². The maximum atomic E-state index is 12.9. The van der Waals surface area contributed by atoms with Crippen molar-refractivity contribution in [3.05, 3.63) is 71.6 Å². The summed E-state index contributed by atoms with van der Waals surface area (Å²) in [5.41, 5.74) is 2.59. The van der Waals surface area contributed by atoms with Crippen molar-refractivity contribution in [3.8, 4) is 22.8 Å². The number of carboxylic acids is 1. The number of para-hydroxylation sites is 1.